The molecular weight excluding hydrogens is 586 g/mol. The molecule has 5 rings (SSSR count). The van der Waals surface area contributed by atoms with Crippen molar-refractivity contribution in [2.24, 2.45) is 0 Å². The van der Waals surface area contributed by atoms with Crippen molar-refractivity contribution in [1.82, 2.24) is 4.98 Å². The summed E-state index contributed by atoms with van der Waals surface area (Å²) in [5.41, 5.74) is 0.762. The van der Waals surface area contributed by atoms with Gasteiger partial charge >= 0.3 is 11.9 Å². The molecule has 14 heteroatoms. The highest BCUT2D eigenvalue weighted by Crippen LogP contribution is 2.44. The number of carbonyl (C=O) groups excluding carboxylic acids is 2. The predicted octanol–water partition coefficient (Wildman–Crippen LogP) is 4.52. The molecule has 2 N–H and O–H groups in total. The number of aromatic carboxylic acids is 1. The number of thiazole rings is 1. The van der Waals surface area contributed by atoms with Gasteiger partial charge in [-0.25, -0.2) is 18.2 Å². The highest BCUT2D eigenvalue weighted by molar-refractivity contribution is 7.93. The largest absolute Gasteiger partial charge is 0.507 e. The van der Waals surface area contributed by atoms with E-state index in [1.807, 2.05) is 6.92 Å². The molecule has 0 bridgehead atoms. The Balaban J connectivity index is 1.63. The number of carboxylic acid groups (broad SMARTS) is 1. The Kier molecular flexibility index (Phi) is 7.18. The van der Waals surface area contributed by atoms with Crippen molar-refractivity contribution in [1.29, 1.82) is 0 Å². The van der Waals surface area contributed by atoms with Crippen LogP contribution in [0.1, 0.15) is 33.1 Å². The number of nitro benzene ring substituents is 1. The molecule has 0 saturated carbocycles. The van der Waals surface area contributed by atoms with Crippen LogP contribution in [0, 0.1) is 17.0 Å². The summed E-state index contributed by atoms with van der Waals surface area (Å²) < 4.78 is 26.2. The van der Waals surface area contributed by atoms with Gasteiger partial charge in [-0.2, -0.15) is 0 Å². The van der Waals surface area contributed by atoms with Gasteiger partial charge in [0.15, 0.2) is 5.13 Å². The van der Waals surface area contributed by atoms with Crippen molar-refractivity contribution in [3.8, 4) is 0 Å². The molecule has 1 saturated heterocycles. The van der Waals surface area contributed by atoms with Crippen molar-refractivity contribution in [3.63, 3.8) is 0 Å². The lowest BCUT2D eigenvalue weighted by Crippen LogP contribution is -2.29. The van der Waals surface area contributed by atoms with Crippen molar-refractivity contribution >= 4 is 55.4 Å². The summed E-state index contributed by atoms with van der Waals surface area (Å²) in [7, 11) is -4.21. The number of hydrogen-bond donors (Lipinski definition) is 2. The van der Waals surface area contributed by atoms with Gasteiger partial charge in [0.05, 0.1) is 33.2 Å². The summed E-state index contributed by atoms with van der Waals surface area (Å²) in [4.78, 5) is 53.2. The molecule has 0 radical (unpaired) electrons. The van der Waals surface area contributed by atoms with Crippen molar-refractivity contribution in [2.75, 3.05) is 4.90 Å². The van der Waals surface area contributed by atoms with Crippen molar-refractivity contribution < 1.29 is 37.9 Å². The third kappa shape index (κ3) is 4.93. The molecule has 1 aromatic heterocycles. The first-order valence-corrected chi connectivity index (χ1v) is 14.4. The monoisotopic (exact) mass is 605 g/mol. The lowest BCUT2D eigenvalue weighted by atomic mass is 9.94. The van der Waals surface area contributed by atoms with Gasteiger partial charge < -0.3 is 10.2 Å². The van der Waals surface area contributed by atoms with E-state index in [1.54, 1.807) is 24.3 Å². The van der Waals surface area contributed by atoms with Crippen LogP contribution in [0.5, 0.6) is 0 Å². The van der Waals surface area contributed by atoms with Gasteiger partial charge in [0.1, 0.15) is 9.97 Å². The molecule has 212 valence electrons. The number of sulfone groups is 1. The normalized spacial score (nSPS) is 16.5. The fourth-order valence-electron chi connectivity index (χ4n) is 4.37. The second kappa shape index (κ2) is 10.6. The van der Waals surface area contributed by atoms with Gasteiger partial charge in [-0.05, 0) is 36.8 Å². The number of hydrogen-bond acceptors (Lipinski definition) is 10. The minimum atomic E-state index is -4.21. The van der Waals surface area contributed by atoms with Crippen LogP contribution in [0.4, 0.5) is 10.8 Å². The van der Waals surface area contributed by atoms with Gasteiger partial charge in [-0.1, -0.05) is 53.3 Å². The summed E-state index contributed by atoms with van der Waals surface area (Å²) >= 11 is 0.588. The summed E-state index contributed by atoms with van der Waals surface area (Å²) in [5.74, 6) is -3.80. The summed E-state index contributed by atoms with van der Waals surface area (Å²) in [6.45, 7) is 1.83. The maximum atomic E-state index is 13.4. The van der Waals surface area contributed by atoms with E-state index in [0.717, 1.165) is 40.9 Å². The first-order chi connectivity index (χ1) is 19.9. The van der Waals surface area contributed by atoms with Gasteiger partial charge in [-0.3, -0.25) is 24.6 Å². The lowest BCUT2D eigenvalue weighted by Gasteiger charge is -2.23. The second-order valence-corrected chi connectivity index (χ2v) is 12.4. The number of benzene rings is 3. The second-order valence-electron chi connectivity index (χ2n) is 9.18. The molecule has 12 nitrogen and oxygen atoms in total. The molecule has 1 atom stereocenters. The highest BCUT2D eigenvalue weighted by atomic mass is 32.2. The van der Waals surface area contributed by atoms with E-state index in [2.05, 4.69) is 4.98 Å². The van der Waals surface area contributed by atoms with Gasteiger partial charge in [-0.15, -0.1) is 0 Å². The van der Waals surface area contributed by atoms with Gasteiger partial charge in [0.2, 0.25) is 9.84 Å². The number of nitrogens with zero attached hydrogens (tertiary/aromatic N) is 3. The summed E-state index contributed by atoms with van der Waals surface area (Å²) in [5, 5.41) is 31.3. The number of aliphatic hydroxyl groups excluding tert-OH is 1. The van der Waals surface area contributed by atoms with E-state index in [1.165, 1.54) is 24.3 Å². The molecule has 4 aromatic rings. The molecule has 1 amide bonds. The summed E-state index contributed by atoms with van der Waals surface area (Å²) in [6, 6.07) is 14.8. The van der Waals surface area contributed by atoms with E-state index in [9.17, 15) is 43.1 Å². The Bertz CT molecular complexity index is 1900. The zero-order chi connectivity index (χ0) is 30.3. The number of Topliss-reactive ketones (excluding diaryl/α,β-unsaturated/α-hetero) is 1. The minimum Gasteiger partial charge on any atom is -0.507 e. The van der Waals surface area contributed by atoms with Crippen LogP contribution in [-0.4, -0.2) is 46.2 Å². The number of nitro groups is 1. The standard InChI is InChI=1S/C28H19N3O9S2/c1-15-2-4-17(5-3-15)24(32)22-23(16-6-8-18(9-7-16)27(35)36)30(26(34)25(22)33)28-29-14-21(41-28)42(39,40)20-12-10-19(11-13-20)31(37)38/h2-14,23,32H,1H3,(H,35,36). The van der Waals surface area contributed by atoms with Crippen LogP contribution in [0.25, 0.3) is 5.76 Å². The number of carboxylic acids is 1. The van der Waals surface area contributed by atoms with E-state index in [0.29, 0.717) is 11.3 Å². The van der Waals surface area contributed by atoms with E-state index in [-0.39, 0.29) is 42.2 Å². The molecule has 0 spiro atoms. The smallest absolute Gasteiger partial charge is 0.335 e. The number of non-ortho nitro benzene ring substituents is 1. The third-order valence-electron chi connectivity index (χ3n) is 6.54. The number of amides is 1. The molecule has 1 aliphatic rings. The van der Waals surface area contributed by atoms with Gasteiger partial charge in [0, 0.05) is 17.7 Å². The quantitative estimate of drug-likeness (QED) is 0.0998. The number of aromatic nitrogens is 1. The lowest BCUT2D eigenvalue weighted by molar-refractivity contribution is -0.384. The SMILES string of the molecule is Cc1ccc(C(O)=C2C(=O)C(=O)N(c3ncc(S(=O)(=O)c4ccc([N+](=O)[O-])cc4)s3)C2c2ccc(C(=O)O)cc2)cc1. The Labute approximate surface area is 241 Å². The van der Waals surface area contributed by atoms with Crippen LogP contribution >= 0.6 is 11.3 Å². The topological polar surface area (TPSA) is 185 Å². The molecular formula is C28H19N3O9S2. The molecule has 3 aromatic carbocycles. The molecule has 1 unspecified atom stereocenters. The number of aryl methyl sites for hydroxylation is 1. The molecule has 0 aliphatic carbocycles. The van der Waals surface area contributed by atoms with Crippen LogP contribution in [0.3, 0.4) is 0 Å². The van der Waals surface area contributed by atoms with E-state index in [4.69, 9.17) is 0 Å². The van der Waals surface area contributed by atoms with E-state index >= 15 is 0 Å². The zero-order valence-electron chi connectivity index (χ0n) is 21.5. The Morgan fingerprint density at radius 1 is 0.952 bits per heavy atom. The van der Waals surface area contributed by atoms with Crippen LogP contribution < -0.4 is 4.90 Å². The fraction of sp³-hybridized carbons (Fsp3) is 0.0714. The highest BCUT2D eigenvalue weighted by Gasteiger charge is 2.48. The Hall–Kier alpha value is -5.21. The first kappa shape index (κ1) is 28.3. The first-order valence-electron chi connectivity index (χ1n) is 12.1. The van der Waals surface area contributed by atoms with Crippen LogP contribution in [0.15, 0.2) is 93.7 Å². The maximum Gasteiger partial charge on any atom is 0.335 e. The zero-order valence-corrected chi connectivity index (χ0v) is 23.1. The predicted molar refractivity (Wildman–Crippen MR) is 150 cm³/mol. The van der Waals surface area contributed by atoms with Gasteiger partial charge in [0.25, 0.3) is 11.5 Å². The third-order valence-corrected chi connectivity index (χ3v) is 9.77. The van der Waals surface area contributed by atoms with E-state index < -0.39 is 44.2 Å². The molecule has 1 fully saturated rings. The minimum absolute atomic E-state index is 0.0556. The number of aliphatic hydroxyl groups is 1. The molecule has 2 heterocycles. The Morgan fingerprint density at radius 2 is 1.55 bits per heavy atom. The van der Waals surface area contributed by atoms with Crippen molar-refractivity contribution in [3.05, 3.63) is 117 Å². The number of ketones is 1. The fourth-order valence-corrected chi connectivity index (χ4v) is 6.92. The summed E-state index contributed by atoms with van der Waals surface area (Å²) in [6.07, 6.45) is 1.00. The maximum absolute atomic E-state index is 13.4. The number of anilines is 1. The van der Waals surface area contributed by atoms with Crippen LogP contribution in [0.2, 0.25) is 0 Å². The van der Waals surface area contributed by atoms with Crippen LogP contribution in [-0.2, 0) is 19.4 Å². The Morgan fingerprint density at radius 3 is 2.12 bits per heavy atom. The average Bonchev–Trinajstić information content (AvgIpc) is 3.56. The molecule has 1 aliphatic heterocycles. The number of rotatable bonds is 7. The average molecular weight is 606 g/mol. The molecule has 42 heavy (non-hydrogen) atoms. The van der Waals surface area contributed by atoms with Crippen molar-refractivity contribution in [2.45, 2.75) is 22.1 Å². The number of carbonyl (C=O) groups is 3.